The van der Waals surface area contributed by atoms with Crippen molar-refractivity contribution in [3.63, 3.8) is 0 Å². The Bertz CT molecular complexity index is 773. The Morgan fingerprint density at radius 2 is 1.57 bits per heavy atom. The summed E-state index contributed by atoms with van der Waals surface area (Å²) < 4.78 is 17.6. The average molecular weight is 413 g/mol. The summed E-state index contributed by atoms with van der Waals surface area (Å²) in [6.45, 7) is 9.22. The van der Waals surface area contributed by atoms with Crippen molar-refractivity contribution in [2.75, 3.05) is 40.4 Å². The third-order valence-corrected chi connectivity index (χ3v) is 5.72. The summed E-state index contributed by atoms with van der Waals surface area (Å²) in [4.78, 5) is 2.58. The van der Waals surface area contributed by atoms with Gasteiger partial charge in [0.25, 0.3) is 0 Å². The van der Waals surface area contributed by atoms with Gasteiger partial charge < -0.3 is 19.5 Å². The van der Waals surface area contributed by atoms with E-state index in [1.54, 1.807) is 14.2 Å². The zero-order valence-electron chi connectivity index (χ0n) is 18.8. The smallest absolute Gasteiger partial charge is 0.164 e. The molecule has 0 saturated carbocycles. The Labute approximate surface area is 181 Å². The maximum atomic E-state index is 6.37. The van der Waals surface area contributed by atoms with Crippen molar-refractivity contribution in [3.05, 3.63) is 53.6 Å². The molecular weight excluding hydrogens is 376 g/mol. The van der Waals surface area contributed by atoms with Gasteiger partial charge in [-0.1, -0.05) is 44.2 Å². The molecule has 0 aromatic heterocycles. The Morgan fingerprint density at radius 1 is 0.900 bits per heavy atom. The minimum atomic E-state index is 0.292. The predicted octanol–water partition coefficient (Wildman–Crippen LogP) is 4.67. The number of rotatable bonds is 10. The van der Waals surface area contributed by atoms with Crippen molar-refractivity contribution >= 4 is 0 Å². The largest absolute Gasteiger partial charge is 0.493 e. The molecule has 0 spiro atoms. The first-order chi connectivity index (χ1) is 14.6. The van der Waals surface area contributed by atoms with Crippen molar-refractivity contribution in [1.29, 1.82) is 0 Å². The maximum absolute atomic E-state index is 6.37. The highest BCUT2D eigenvalue weighted by atomic mass is 16.5. The maximum Gasteiger partial charge on any atom is 0.164 e. The molecule has 1 N–H and O–H groups in total. The number of piperazine rings is 1. The van der Waals surface area contributed by atoms with Crippen LogP contribution in [0, 0.1) is 5.92 Å². The Kier molecular flexibility index (Phi) is 8.40. The van der Waals surface area contributed by atoms with Gasteiger partial charge in [-0.2, -0.15) is 0 Å². The molecule has 1 fully saturated rings. The Balaban J connectivity index is 1.95. The van der Waals surface area contributed by atoms with Gasteiger partial charge in [-0.15, -0.1) is 0 Å². The second-order valence-corrected chi connectivity index (χ2v) is 8.29. The second-order valence-electron chi connectivity index (χ2n) is 8.29. The number of benzene rings is 2. The molecule has 0 unspecified atom stereocenters. The lowest BCUT2D eigenvalue weighted by atomic mass is 9.94. The molecule has 164 valence electrons. The number of nitrogens with one attached hydrogen (secondary N) is 1. The van der Waals surface area contributed by atoms with Crippen molar-refractivity contribution in [2.24, 2.45) is 5.92 Å². The average Bonchev–Trinajstić information content (AvgIpc) is 2.79. The summed E-state index contributed by atoms with van der Waals surface area (Å²) in [5, 5.41) is 3.47. The number of ether oxygens (including phenoxy) is 3. The van der Waals surface area contributed by atoms with Crippen molar-refractivity contribution in [2.45, 2.75) is 39.3 Å². The van der Waals surface area contributed by atoms with Crippen LogP contribution in [0.4, 0.5) is 0 Å². The molecule has 2 aromatic carbocycles. The summed E-state index contributed by atoms with van der Waals surface area (Å²) in [5.41, 5.74) is 2.34. The van der Waals surface area contributed by atoms with Crippen LogP contribution in [0.1, 0.15) is 43.9 Å². The lowest BCUT2D eigenvalue weighted by molar-refractivity contribution is 0.155. The molecular formula is C25H36N2O3. The highest BCUT2D eigenvalue weighted by Gasteiger charge is 2.27. The van der Waals surface area contributed by atoms with Crippen LogP contribution in [0.5, 0.6) is 17.2 Å². The minimum Gasteiger partial charge on any atom is -0.493 e. The minimum absolute atomic E-state index is 0.292. The highest BCUT2D eigenvalue weighted by molar-refractivity contribution is 5.52. The number of hydrogen-bond acceptors (Lipinski definition) is 5. The van der Waals surface area contributed by atoms with E-state index in [0.717, 1.165) is 49.7 Å². The van der Waals surface area contributed by atoms with Crippen LogP contribution in [-0.4, -0.2) is 45.3 Å². The summed E-state index contributed by atoms with van der Waals surface area (Å²) in [6, 6.07) is 14.7. The third kappa shape index (κ3) is 5.89. The molecule has 2 aromatic rings. The first-order valence-electron chi connectivity index (χ1n) is 11.0. The van der Waals surface area contributed by atoms with Gasteiger partial charge >= 0.3 is 0 Å². The highest BCUT2D eigenvalue weighted by Crippen LogP contribution is 2.41. The van der Waals surface area contributed by atoms with Crippen LogP contribution in [0.2, 0.25) is 0 Å². The van der Waals surface area contributed by atoms with E-state index in [1.807, 2.05) is 24.3 Å². The Morgan fingerprint density at radius 3 is 2.20 bits per heavy atom. The van der Waals surface area contributed by atoms with E-state index in [2.05, 4.69) is 42.3 Å². The summed E-state index contributed by atoms with van der Waals surface area (Å²) in [7, 11) is 3.37. The molecule has 0 aliphatic carbocycles. The SMILES string of the molecule is COc1cc(OCc2ccccc2)c([C@@H](CCC(C)C)N2CCNCC2)cc1OC. The standard InChI is InChI=1S/C25H36N2O3/c1-19(2)10-11-22(27-14-12-26-13-15-27)21-16-24(28-3)25(29-4)17-23(21)30-18-20-8-6-5-7-9-20/h5-9,16-17,19,22,26H,10-15,18H2,1-4H3/t22-/m1/s1. The van der Waals surface area contributed by atoms with Crippen LogP contribution >= 0.6 is 0 Å². The van der Waals surface area contributed by atoms with Crippen LogP contribution in [0.3, 0.4) is 0 Å². The van der Waals surface area contributed by atoms with Gasteiger partial charge in [-0.3, -0.25) is 4.90 Å². The quantitative estimate of drug-likeness (QED) is 0.614. The van der Waals surface area contributed by atoms with Crippen LogP contribution < -0.4 is 19.5 Å². The molecule has 3 rings (SSSR count). The third-order valence-electron chi connectivity index (χ3n) is 5.72. The summed E-state index contributed by atoms with van der Waals surface area (Å²) >= 11 is 0. The molecule has 30 heavy (non-hydrogen) atoms. The fourth-order valence-corrected chi connectivity index (χ4v) is 4.02. The Hall–Kier alpha value is -2.24. The van der Waals surface area contributed by atoms with Gasteiger partial charge in [0.2, 0.25) is 0 Å². The number of hydrogen-bond donors (Lipinski definition) is 1. The molecule has 0 radical (unpaired) electrons. The first kappa shape index (κ1) is 22.4. The summed E-state index contributed by atoms with van der Waals surface area (Å²) in [5.74, 6) is 2.99. The molecule has 0 amide bonds. The fraction of sp³-hybridized carbons (Fsp3) is 0.520. The van der Waals surface area contributed by atoms with E-state index < -0.39 is 0 Å². The monoisotopic (exact) mass is 412 g/mol. The summed E-state index contributed by atoms with van der Waals surface area (Å²) in [6.07, 6.45) is 2.26. The van der Waals surface area contributed by atoms with E-state index in [1.165, 1.54) is 12.0 Å². The normalized spacial score (nSPS) is 15.8. The van der Waals surface area contributed by atoms with Gasteiger partial charge in [-0.05, 0) is 30.4 Å². The molecule has 5 nitrogen and oxygen atoms in total. The van der Waals surface area contributed by atoms with E-state index in [-0.39, 0.29) is 0 Å². The van der Waals surface area contributed by atoms with Crippen molar-refractivity contribution < 1.29 is 14.2 Å². The molecule has 1 saturated heterocycles. The molecule has 5 heteroatoms. The van der Waals surface area contributed by atoms with E-state index in [0.29, 0.717) is 24.3 Å². The zero-order chi connectivity index (χ0) is 21.3. The van der Waals surface area contributed by atoms with Crippen molar-refractivity contribution in [3.8, 4) is 17.2 Å². The molecule has 1 heterocycles. The molecule has 0 bridgehead atoms. The molecule has 1 atom stereocenters. The van der Waals surface area contributed by atoms with E-state index in [4.69, 9.17) is 14.2 Å². The van der Waals surface area contributed by atoms with Gasteiger partial charge in [-0.25, -0.2) is 0 Å². The van der Waals surface area contributed by atoms with Gasteiger partial charge in [0.1, 0.15) is 12.4 Å². The van der Waals surface area contributed by atoms with Crippen LogP contribution in [-0.2, 0) is 6.61 Å². The predicted molar refractivity (Wildman–Crippen MR) is 122 cm³/mol. The van der Waals surface area contributed by atoms with E-state index in [9.17, 15) is 0 Å². The van der Waals surface area contributed by atoms with Crippen LogP contribution in [0.15, 0.2) is 42.5 Å². The molecule has 1 aliphatic heterocycles. The lowest BCUT2D eigenvalue weighted by Crippen LogP contribution is -2.45. The van der Waals surface area contributed by atoms with Gasteiger partial charge in [0.05, 0.1) is 14.2 Å². The first-order valence-corrected chi connectivity index (χ1v) is 11.0. The second kappa shape index (κ2) is 11.2. The molecule has 1 aliphatic rings. The fourth-order valence-electron chi connectivity index (χ4n) is 4.02. The van der Waals surface area contributed by atoms with E-state index >= 15 is 0 Å². The van der Waals surface area contributed by atoms with Gasteiger partial charge in [0, 0.05) is 43.9 Å². The van der Waals surface area contributed by atoms with Gasteiger partial charge in [0.15, 0.2) is 11.5 Å². The lowest BCUT2D eigenvalue weighted by Gasteiger charge is -2.36. The topological polar surface area (TPSA) is 43.0 Å². The zero-order valence-corrected chi connectivity index (χ0v) is 18.8. The van der Waals surface area contributed by atoms with Crippen molar-refractivity contribution in [1.82, 2.24) is 10.2 Å². The van der Waals surface area contributed by atoms with Crippen LogP contribution in [0.25, 0.3) is 0 Å². The number of methoxy groups -OCH3 is 2. The number of nitrogens with zero attached hydrogens (tertiary/aromatic N) is 1.